The second-order valence-electron chi connectivity index (χ2n) is 4.60. The molecule has 0 fully saturated rings. The molecule has 0 bridgehead atoms. The van der Waals surface area contributed by atoms with E-state index in [-0.39, 0.29) is 24.4 Å². The molecule has 0 unspecified atom stereocenters. The summed E-state index contributed by atoms with van der Waals surface area (Å²) < 4.78 is 0. The summed E-state index contributed by atoms with van der Waals surface area (Å²) in [7, 11) is 0. The lowest BCUT2D eigenvalue weighted by molar-refractivity contribution is -0.133. The van der Waals surface area contributed by atoms with Crippen LogP contribution in [0.15, 0.2) is 0 Å². The molecule has 0 saturated heterocycles. The lowest BCUT2D eigenvalue weighted by Gasteiger charge is -2.28. The summed E-state index contributed by atoms with van der Waals surface area (Å²) in [4.78, 5) is 23.4. The molecule has 100 valence electrons. The van der Waals surface area contributed by atoms with Gasteiger partial charge in [-0.2, -0.15) is 0 Å². The summed E-state index contributed by atoms with van der Waals surface area (Å²) in [5.41, 5.74) is 5.11. The largest absolute Gasteiger partial charge is 0.352 e. The zero-order chi connectivity index (χ0) is 13.5. The first-order chi connectivity index (χ1) is 7.91. The smallest absolute Gasteiger partial charge is 0.239 e. The van der Waals surface area contributed by atoms with Crippen LogP contribution in [0.3, 0.4) is 0 Å². The Kier molecular flexibility index (Phi) is 6.80. The molecule has 0 atom stereocenters. The highest BCUT2D eigenvalue weighted by Gasteiger charge is 2.33. The highest BCUT2D eigenvalue weighted by molar-refractivity contribution is 5.88. The summed E-state index contributed by atoms with van der Waals surface area (Å²) in [5, 5.41) is 5.37. The minimum atomic E-state index is -0.544. The molecule has 5 heteroatoms. The molecule has 0 spiro atoms. The van der Waals surface area contributed by atoms with Crippen LogP contribution in [0.5, 0.6) is 0 Å². The number of carbonyl (C=O) groups is 2. The van der Waals surface area contributed by atoms with Crippen molar-refractivity contribution in [3.05, 3.63) is 0 Å². The van der Waals surface area contributed by atoms with Crippen LogP contribution in [0.2, 0.25) is 0 Å². The van der Waals surface area contributed by atoms with E-state index in [2.05, 4.69) is 10.6 Å². The van der Waals surface area contributed by atoms with Gasteiger partial charge in [0.15, 0.2) is 0 Å². The number of hydrogen-bond acceptors (Lipinski definition) is 3. The molecule has 0 aliphatic heterocycles. The maximum Gasteiger partial charge on any atom is 0.239 e. The predicted octanol–water partition coefficient (Wildman–Crippen LogP) is 0.392. The fraction of sp³-hybridized carbons (Fsp3) is 0.833. The summed E-state index contributed by atoms with van der Waals surface area (Å²) in [6, 6.07) is 0.0796. The minimum Gasteiger partial charge on any atom is -0.352 e. The van der Waals surface area contributed by atoms with Crippen molar-refractivity contribution in [2.75, 3.05) is 13.1 Å². The molecule has 0 aliphatic carbocycles. The Morgan fingerprint density at radius 3 is 2.12 bits per heavy atom. The molecular formula is C12H25N3O2. The van der Waals surface area contributed by atoms with E-state index >= 15 is 0 Å². The molecule has 0 heterocycles. The molecule has 5 nitrogen and oxygen atoms in total. The van der Waals surface area contributed by atoms with Gasteiger partial charge in [-0.1, -0.05) is 13.8 Å². The number of nitrogens with two attached hydrogens (primary N) is 1. The molecule has 0 aliphatic rings. The first kappa shape index (κ1) is 15.9. The second-order valence-corrected chi connectivity index (χ2v) is 4.60. The van der Waals surface area contributed by atoms with Gasteiger partial charge in [-0.25, -0.2) is 0 Å². The van der Waals surface area contributed by atoms with Crippen LogP contribution in [0.1, 0.15) is 40.5 Å². The van der Waals surface area contributed by atoms with Gasteiger partial charge in [0, 0.05) is 12.6 Å². The molecular weight excluding hydrogens is 218 g/mol. The Balaban J connectivity index is 4.29. The number of rotatable bonds is 7. The van der Waals surface area contributed by atoms with Gasteiger partial charge in [-0.3, -0.25) is 9.59 Å². The maximum atomic E-state index is 12.0. The van der Waals surface area contributed by atoms with Gasteiger partial charge >= 0.3 is 0 Å². The first-order valence-corrected chi connectivity index (χ1v) is 6.19. The number of carbonyl (C=O) groups excluding carboxylic acids is 2. The summed E-state index contributed by atoms with van der Waals surface area (Å²) in [6.45, 7) is 7.94. The van der Waals surface area contributed by atoms with Crippen molar-refractivity contribution in [2.24, 2.45) is 11.1 Å². The zero-order valence-electron chi connectivity index (χ0n) is 11.3. The molecule has 0 rings (SSSR count). The lowest BCUT2D eigenvalue weighted by Crippen LogP contribution is -2.48. The van der Waals surface area contributed by atoms with Gasteiger partial charge in [-0.05, 0) is 26.7 Å². The van der Waals surface area contributed by atoms with E-state index in [9.17, 15) is 9.59 Å². The van der Waals surface area contributed by atoms with Crippen molar-refractivity contribution in [3.63, 3.8) is 0 Å². The van der Waals surface area contributed by atoms with Gasteiger partial charge in [0.2, 0.25) is 11.8 Å². The zero-order valence-corrected chi connectivity index (χ0v) is 11.3. The topological polar surface area (TPSA) is 84.2 Å². The van der Waals surface area contributed by atoms with E-state index in [0.717, 1.165) is 0 Å². The molecule has 0 aromatic carbocycles. The van der Waals surface area contributed by atoms with Crippen LogP contribution < -0.4 is 16.4 Å². The van der Waals surface area contributed by atoms with E-state index < -0.39 is 5.41 Å². The van der Waals surface area contributed by atoms with E-state index in [4.69, 9.17) is 5.73 Å². The summed E-state index contributed by atoms with van der Waals surface area (Å²) in [5.74, 6) is -0.310. The number of amides is 2. The monoisotopic (exact) mass is 243 g/mol. The van der Waals surface area contributed by atoms with Gasteiger partial charge in [0.1, 0.15) is 0 Å². The first-order valence-electron chi connectivity index (χ1n) is 6.19. The van der Waals surface area contributed by atoms with Gasteiger partial charge < -0.3 is 16.4 Å². The quantitative estimate of drug-likeness (QED) is 0.605. The lowest BCUT2D eigenvalue weighted by atomic mass is 9.81. The Bertz CT molecular complexity index is 252. The average Bonchev–Trinajstić information content (AvgIpc) is 2.28. The van der Waals surface area contributed by atoms with E-state index in [1.807, 2.05) is 27.7 Å². The number of hydrogen-bond donors (Lipinski definition) is 3. The van der Waals surface area contributed by atoms with Crippen LogP contribution in [-0.2, 0) is 9.59 Å². The third kappa shape index (κ3) is 4.73. The van der Waals surface area contributed by atoms with E-state index in [1.165, 1.54) is 0 Å². The molecule has 17 heavy (non-hydrogen) atoms. The van der Waals surface area contributed by atoms with Crippen LogP contribution >= 0.6 is 0 Å². The van der Waals surface area contributed by atoms with E-state index in [0.29, 0.717) is 19.4 Å². The molecule has 0 aromatic heterocycles. The molecule has 0 saturated carbocycles. The summed E-state index contributed by atoms with van der Waals surface area (Å²) in [6.07, 6.45) is 1.36. The maximum absolute atomic E-state index is 12.0. The van der Waals surface area contributed by atoms with Crippen molar-refractivity contribution < 1.29 is 9.59 Å². The van der Waals surface area contributed by atoms with E-state index in [1.54, 1.807) is 0 Å². The minimum absolute atomic E-state index is 0.0127. The van der Waals surface area contributed by atoms with Crippen LogP contribution in [0, 0.1) is 5.41 Å². The fourth-order valence-electron chi connectivity index (χ4n) is 1.67. The van der Waals surface area contributed by atoms with Crippen LogP contribution in [-0.4, -0.2) is 30.9 Å². The van der Waals surface area contributed by atoms with Crippen molar-refractivity contribution in [1.82, 2.24) is 10.6 Å². The Morgan fingerprint density at radius 2 is 1.76 bits per heavy atom. The molecule has 0 aromatic rings. The SMILES string of the molecule is CCC(CC)(CN)C(=O)NCC(=O)NC(C)C. The van der Waals surface area contributed by atoms with Gasteiger partial charge in [0.05, 0.1) is 12.0 Å². The standard InChI is InChI=1S/C12H25N3O2/c1-5-12(6-2,8-13)11(17)14-7-10(16)15-9(3)4/h9H,5-8,13H2,1-4H3,(H,14,17)(H,15,16). The van der Waals surface area contributed by atoms with Gasteiger partial charge in [-0.15, -0.1) is 0 Å². The number of nitrogens with one attached hydrogen (secondary N) is 2. The fourth-order valence-corrected chi connectivity index (χ4v) is 1.67. The van der Waals surface area contributed by atoms with Crippen molar-refractivity contribution in [1.29, 1.82) is 0 Å². The van der Waals surface area contributed by atoms with Crippen LogP contribution in [0.25, 0.3) is 0 Å². The highest BCUT2D eigenvalue weighted by atomic mass is 16.2. The summed E-state index contributed by atoms with van der Waals surface area (Å²) >= 11 is 0. The third-order valence-corrected chi connectivity index (χ3v) is 3.09. The Morgan fingerprint density at radius 1 is 1.24 bits per heavy atom. The van der Waals surface area contributed by atoms with Crippen molar-refractivity contribution in [3.8, 4) is 0 Å². The van der Waals surface area contributed by atoms with Gasteiger partial charge in [0.25, 0.3) is 0 Å². The molecule has 0 radical (unpaired) electrons. The normalized spacial score (nSPS) is 11.4. The van der Waals surface area contributed by atoms with Crippen LogP contribution in [0.4, 0.5) is 0 Å². The van der Waals surface area contributed by atoms with Crippen molar-refractivity contribution >= 4 is 11.8 Å². The second kappa shape index (κ2) is 7.27. The predicted molar refractivity (Wildman–Crippen MR) is 68.4 cm³/mol. The Labute approximate surface area is 104 Å². The molecule has 2 amide bonds. The molecule has 4 N–H and O–H groups in total. The van der Waals surface area contributed by atoms with Crippen molar-refractivity contribution in [2.45, 2.75) is 46.6 Å². The third-order valence-electron chi connectivity index (χ3n) is 3.09. The Hall–Kier alpha value is -1.10. The highest BCUT2D eigenvalue weighted by Crippen LogP contribution is 2.24. The average molecular weight is 243 g/mol.